The molecule has 1 fully saturated rings. The van der Waals surface area contributed by atoms with Crippen LogP contribution in [0.5, 0.6) is 5.75 Å². The number of halogens is 2. The molecule has 1 aliphatic heterocycles. The third-order valence-electron chi connectivity index (χ3n) is 4.35. The molecule has 1 N–H and O–H groups in total. The van der Waals surface area contributed by atoms with Crippen LogP contribution in [0.2, 0.25) is 0 Å². The highest BCUT2D eigenvalue weighted by molar-refractivity contribution is 5.88. The van der Waals surface area contributed by atoms with E-state index in [2.05, 4.69) is 60.5 Å². The van der Waals surface area contributed by atoms with E-state index in [1.54, 1.807) is 0 Å². The summed E-state index contributed by atoms with van der Waals surface area (Å²) in [5, 5.41) is 6.03. The summed E-state index contributed by atoms with van der Waals surface area (Å²) in [5.74, 6) is 1.03. The van der Waals surface area contributed by atoms with Gasteiger partial charge in [-0.15, -0.1) is 24.8 Å². The molecule has 0 radical (unpaired) electrons. The number of piperazine rings is 1. The van der Waals surface area contributed by atoms with Crippen LogP contribution in [-0.4, -0.2) is 37.7 Å². The summed E-state index contributed by atoms with van der Waals surface area (Å²) in [6.07, 6.45) is 0. The van der Waals surface area contributed by atoms with Crippen molar-refractivity contribution in [2.45, 2.75) is 19.9 Å². The van der Waals surface area contributed by atoms with E-state index < -0.39 is 0 Å². The predicted octanol–water partition coefficient (Wildman–Crippen LogP) is 4.05. The standard InChI is InChI=1S/C18H24N2O.2ClH/c1-3-21-17-9-8-15-6-4-5-7-16(15)18(17)14(2)20-12-10-19-11-13-20;;/h4-9,14,19H,3,10-13H2,1-2H3;2*1H/t14-;;/m0../s1. The van der Waals surface area contributed by atoms with Gasteiger partial charge in [0.2, 0.25) is 0 Å². The van der Waals surface area contributed by atoms with E-state index in [0.717, 1.165) is 31.9 Å². The topological polar surface area (TPSA) is 24.5 Å². The molecule has 3 rings (SSSR count). The highest BCUT2D eigenvalue weighted by Crippen LogP contribution is 2.36. The molecular formula is C18H26Cl2N2O. The minimum atomic E-state index is 0. The van der Waals surface area contributed by atoms with Crippen molar-refractivity contribution < 1.29 is 4.74 Å². The second-order valence-electron chi connectivity index (χ2n) is 5.59. The van der Waals surface area contributed by atoms with Gasteiger partial charge in [0.15, 0.2) is 0 Å². The number of fused-ring (bicyclic) bond motifs is 1. The monoisotopic (exact) mass is 356 g/mol. The van der Waals surface area contributed by atoms with Gasteiger partial charge < -0.3 is 10.1 Å². The van der Waals surface area contributed by atoms with E-state index in [-0.39, 0.29) is 24.8 Å². The molecule has 0 bridgehead atoms. The first kappa shape index (κ1) is 20.0. The Balaban J connectivity index is 0.00000132. The Kier molecular flexibility index (Phi) is 8.13. The Bertz CT molecular complexity index is 615. The Morgan fingerprint density at radius 1 is 1.09 bits per heavy atom. The first-order valence-corrected chi connectivity index (χ1v) is 7.90. The van der Waals surface area contributed by atoms with Crippen molar-refractivity contribution in [3.63, 3.8) is 0 Å². The minimum absolute atomic E-state index is 0. The fraction of sp³-hybridized carbons (Fsp3) is 0.444. The summed E-state index contributed by atoms with van der Waals surface area (Å²) < 4.78 is 5.91. The predicted molar refractivity (Wildman–Crippen MR) is 102 cm³/mol. The zero-order valence-electron chi connectivity index (χ0n) is 13.7. The van der Waals surface area contributed by atoms with Crippen LogP contribution in [-0.2, 0) is 0 Å². The highest BCUT2D eigenvalue weighted by Gasteiger charge is 2.22. The molecule has 5 heteroatoms. The number of ether oxygens (including phenoxy) is 1. The molecule has 3 nitrogen and oxygen atoms in total. The fourth-order valence-corrected chi connectivity index (χ4v) is 3.24. The van der Waals surface area contributed by atoms with Gasteiger partial charge in [0.1, 0.15) is 5.75 Å². The van der Waals surface area contributed by atoms with Crippen LogP contribution in [0.4, 0.5) is 0 Å². The van der Waals surface area contributed by atoms with Gasteiger partial charge in [-0.2, -0.15) is 0 Å². The van der Waals surface area contributed by atoms with Gasteiger partial charge in [-0.25, -0.2) is 0 Å². The molecule has 2 aromatic carbocycles. The van der Waals surface area contributed by atoms with Crippen molar-refractivity contribution in [2.24, 2.45) is 0 Å². The zero-order valence-corrected chi connectivity index (χ0v) is 15.4. The highest BCUT2D eigenvalue weighted by atomic mass is 35.5. The summed E-state index contributed by atoms with van der Waals surface area (Å²) >= 11 is 0. The Labute approximate surface area is 151 Å². The van der Waals surface area contributed by atoms with Crippen LogP contribution in [0.15, 0.2) is 36.4 Å². The molecule has 0 amide bonds. The van der Waals surface area contributed by atoms with Crippen molar-refractivity contribution in [3.8, 4) is 5.75 Å². The third kappa shape index (κ3) is 4.30. The zero-order chi connectivity index (χ0) is 14.7. The number of hydrogen-bond acceptors (Lipinski definition) is 3. The molecule has 0 spiro atoms. The first-order valence-electron chi connectivity index (χ1n) is 7.90. The molecule has 128 valence electrons. The van der Waals surface area contributed by atoms with Crippen molar-refractivity contribution >= 4 is 35.6 Å². The summed E-state index contributed by atoms with van der Waals surface area (Å²) in [6, 6.07) is 13.3. The summed E-state index contributed by atoms with van der Waals surface area (Å²) in [4.78, 5) is 2.54. The van der Waals surface area contributed by atoms with E-state index in [1.165, 1.54) is 16.3 Å². The SMILES string of the molecule is CCOc1ccc2ccccc2c1[C@H](C)N1CCNCC1.Cl.Cl. The molecule has 0 unspecified atom stereocenters. The number of hydrogen-bond donors (Lipinski definition) is 1. The van der Waals surface area contributed by atoms with E-state index in [0.29, 0.717) is 12.6 Å². The number of nitrogens with zero attached hydrogens (tertiary/aromatic N) is 1. The van der Waals surface area contributed by atoms with E-state index in [1.807, 2.05) is 0 Å². The Morgan fingerprint density at radius 2 is 1.78 bits per heavy atom. The second kappa shape index (κ2) is 9.33. The minimum Gasteiger partial charge on any atom is -0.494 e. The molecule has 1 heterocycles. The maximum absolute atomic E-state index is 5.91. The van der Waals surface area contributed by atoms with Crippen LogP contribution >= 0.6 is 24.8 Å². The van der Waals surface area contributed by atoms with Gasteiger partial charge in [0.05, 0.1) is 6.61 Å². The lowest BCUT2D eigenvalue weighted by Gasteiger charge is -2.34. The Morgan fingerprint density at radius 3 is 2.48 bits per heavy atom. The molecule has 1 atom stereocenters. The number of rotatable bonds is 4. The lowest BCUT2D eigenvalue weighted by molar-refractivity contribution is 0.182. The number of benzene rings is 2. The van der Waals surface area contributed by atoms with E-state index in [9.17, 15) is 0 Å². The van der Waals surface area contributed by atoms with Gasteiger partial charge in [-0.3, -0.25) is 4.90 Å². The van der Waals surface area contributed by atoms with Crippen molar-refractivity contribution in [1.29, 1.82) is 0 Å². The maximum atomic E-state index is 5.91. The largest absolute Gasteiger partial charge is 0.494 e. The van der Waals surface area contributed by atoms with Crippen LogP contribution in [0.3, 0.4) is 0 Å². The normalized spacial score (nSPS) is 16.3. The smallest absolute Gasteiger partial charge is 0.124 e. The maximum Gasteiger partial charge on any atom is 0.124 e. The molecule has 23 heavy (non-hydrogen) atoms. The average molecular weight is 357 g/mol. The summed E-state index contributed by atoms with van der Waals surface area (Å²) in [7, 11) is 0. The molecule has 0 aliphatic carbocycles. The first-order chi connectivity index (χ1) is 10.3. The molecule has 2 aromatic rings. The van der Waals surface area contributed by atoms with Gasteiger partial charge in [-0.1, -0.05) is 30.3 Å². The van der Waals surface area contributed by atoms with Gasteiger partial charge in [-0.05, 0) is 30.7 Å². The van der Waals surface area contributed by atoms with Gasteiger partial charge in [0.25, 0.3) is 0 Å². The lowest BCUT2D eigenvalue weighted by Crippen LogP contribution is -2.44. The van der Waals surface area contributed by atoms with E-state index >= 15 is 0 Å². The Hall–Kier alpha value is -1.00. The third-order valence-corrected chi connectivity index (χ3v) is 4.35. The summed E-state index contributed by atoms with van der Waals surface area (Å²) in [5.41, 5.74) is 1.33. The van der Waals surface area contributed by atoms with Crippen molar-refractivity contribution in [3.05, 3.63) is 42.0 Å². The molecule has 1 saturated heterocycles. The number of nitrogens with one attached hydrogen (secondary N) is 1. The quantitative estimate of drug-likeness (QED) is 0.894. The molecule has 1 aliphatic rings. The van der Waals surface area contributed by atoms with E-state index in [4.69, 9.17) is 4.74 Å². The van der Waals surface area contributed by atoms with Crippen LogP contribution < -0.4 is 10.1 Å². The molecular weight excluding hydrogens is 331 g/mol. The summed E-state index contributed by atoms with van der Waals surface area (Å²) in [6.45, 7) is 9.38. The van der Waals surface area contributed by atoms with Crippen molar-refractivity contribution in [2.75, 3.05) is 32.8 Å². The average Bonchev–Trinajstić information content (AvgIpc) is 2.55. The second-order valence-corrected chi connectivity index (χ2v) is 5.59. The van der Waals surface area contributed by atoms with Crippen LogP contribution in [0, 0.1) is 0 Å². The molecule has 0 saturated carbocycles. The van der Waals surface area contributed by atoms with Crippen molar-refractivity contribution in [1.82, 2.24) is 10.2 Å². The van der Waals surface area contributed by atoms with Crippen LogP contribution in [0.25, 0.3) is 10.8 Å². The molecule has 0 aromatic heterocycles. The van der Waals surface area contributed by atoms with Gasteiger partial charge >= 0.3 is 0 Å². The lowest BCUT2D eigenvalue weighted by atomic mass is 9.97. The van der Waals surface area contributed by atoms with Gasteiger partial charge in [0, 0.05) is 37.8 Å². The fourth-order valence-electron chi connectivity index (χ4n) is 3.24. The van der Waals surface area contributed by atoms with Crippen LogP contribution in [0.1, 0.15) is 25.5 Å².